The summed E-state index contributed by atoms with van der Waals surface area (Å²) in [6.07, 6.45) is 10.3. The number of allylic oxidation sites excluding steroid dienone is 1. The molecule has 4 aliphatic rings. The molecule has 0 bridgehead atoms. The fourth-order valence-electron chi connectivity index (χ4n) is 5.95. The Hall–Kier alpha value is -0.920. The first-order valence-corrected chi connectivity index (χ1v) is 8.36. The molecule has 3 fully saturated rings. The number of carbonyl (C=O) groups is 2. The molecule has 0 aromatic heterocycles. The molecule has 2 nitrogen and oxygen atoms in total. The standard InChI is InChI=1S/C18H24O2/c1-18-9-8-14-13-5-3-12(19)10-11(13)2-4-15(14)16(18)6-7-17(18)20/h10,13-16H,2-9H2,1H3/t13-,14+,15-,16-,18+/m1/s1. The van der Waals surface area contributed by atoms with Gasteiger partial charge in [0.1, 0.15) is 5.78 Å². The highest BCUT2D eigenvalue weighted by molar-refractivity contribution is 5.91. The Bertz CT molecular complexity index is 504. The van der Waals surface area contributed by atoms with Crippen LogP contribution in [0.5, 0.6) is 0 Å². The largest absolute Gasteiger partial charge is 0.299 e. The van der Waals surface area contributed by atoms with Gasteiger partial charge in [0, 0.05) is 18.3 Å². The summed E-state index contributed by atoms with van der Waals surface area (Å²) in [7, 11) is 0. The Morgan fingerprint density at radius 2 is 1.85 bits per heavy atom. The van der Waals surface area contributed by atoms with Crippen LogP contribution in [0.4, 0.5) is 0 Å². The highest BCUT2D eigenvalue weighted by atomic mass is 16.1. The van der Waals surface area contributed by atoms with Gasteiger partial charge in [0.15, 0.2) is 5.78 Å². The zero-order valence-electron chi connectivity index (χ0n) is 12.4. The van der Waals surface area contributed by atoms with E-state index in [1.54, 1.807) is 0 Å². The minimum atomic E-state index is -0.00707. The van der Waals surface area contributed by atoms with Crippen LogP contribution in [0.3, 0.4) is 0 Å². The lowest BCUT2D eigenvalue weighted by molar-refractivity contribution is -0.131. The third-order valence-electron chi connectivity index (χ3n) is 7.01. The van der Waals surface area contributed by atoms with Crippen molar-refractivity contribution < 1.29 is 9.59 Å². The summed E-state index contributed by atoms with van der Waals surface area (Å²) in [5.41, 5.74) is 1.43. The van der Waals surface area contributed by atoms with Crippen LogP contribution in [0.25, 0.3) is 0 Å². The van der Waals surface area contributed by atoms with E-state index in [0.29, 0.717) is 23.4 Å². The number of hydrogen-bond acceptors (Lipinski definition) is 2. The zero-order chi connectivity index (χ0) is 13.9. The van der Waals surface area contributed by atoms with Crippen LogP contribution >= 0.6 is 0 Å². The van der Waals surface area contributed by atoms with E-state index in [0.717, 1.165) is 50.4 Å². The molecule has 0 aromatic carbocycles. The second-order valence-electron chi connectivity index (χ2n) is 7.72. The van der Waals surface area contributed by atoms with Crippen LogP contribution < -0.4 is 0 Å². The van der Waals surface area contributed by atoms with Gasteiger partial charge in [-0.15, -0.1) is 0 Å². The highest BCUT2D eigenvalue weighted by Crippen LogP contribution is 2.60. The summed E-state index contributed by atoms with van der Waals surface area (Å²) in [4.78, 5) is 23.9. The Morgan fingerprint density at radius 3 is 2.70 bits per heavy atom. The molecule has 4 aliphatic carbocycles. The number of Topliss-reactive ketones (excluding diaryl/α,β-unsaturated/α-hetero) is 1. The zero-order valence-corrected chi connectivity index (χ0v) is 12.4. The lowest BCUT2D eigenvalue weighted by Crippen LogP contribution is -2.46. The molecule has 0 aromatic rings. The Balaban J connectivity index is 1.65. The van der Waals surface area contributed by atoms with Crippen LogP contribution in [0.2, 0.25) is 0 Å². The van der Waals surface area contributed by atoms with E-state index in [4.69, 9.17) is 0 Å². The van der Waals surface area contributed by atoms with E-state index in [1.807, 2.05) is 6.08 Å². The fraction of sp³-hybridized carbons (Fsp3) is 0.778. The number of rotatable bonds is 0. The van der Waals surface area contributed by atoms with Crippen LogP contribution in [-0.2, 0) is 9.59 Å². The van der Waals surface area contributed by atoms with E-state index in [9.17, 15) is 9.59 Å². The topological polar surface area (TPSA) is 34.1 Å². The molecule has 108 valence electrons. The van der Waals surface area contributed by atoms with Crippen molar-refractivity contribution in [1.82, 2.24) is 0 Å². The molecule has 2 heteroatoms. The minimum absolute atomic E-state index is 0.00707. The van der Waals surface area contributed by atoms with E-state index >= 15 is 0 Å². The molecule has 3 saturated carbocycles. The van der Waals surface area contributed by atoms with E-state index < -0.39 is 0 Å². The summed E-state index contributed by atoms with van der Waals surface area (Å²) in [5, 5.41) is 0. The molecule has 0 amide bonds. The molecule has 0 spiro atoms. The molecular formula is C18H24O2. The van der Waals surface area contributed by atoms with Crippen molar-refractivity contribution in [1.29, 1.82) is 0 Å². The maximum Gasteiger partial charge on any atom is 0.155 e. The van der Waals surface area contributed by atoms with E-state index in [-0.39, 0.29) is 5.41 Å². The van der Waals surface area contributed by atoms with Crippen molar-refractivity contribution in [3.63, 3.8) is 0 Å². The molecule has 5 atom stereocenters. The summed E-state index contributed by atoms with van der Waals surface area (Å²) < 4.78 is 0. The molecule has 0 saturated heterocycles. The van der Waals surface area contributed by atoms with Gasteiger partial charge in [-0.25, -0.2) is 0 Å². The lowest BCUT2D eigenvalue weighted by atomic mass is 9.52. The van der Waals surface area contributed by atoms with Gasteiger partial charge in [0.25, 0.3) is 0 Å². The van der Waals surface area contributed by atoms with Crippen molar-refractivity contribution in [2.24, 2.45) is 29.1 Å². The minimum Gasteiger partial charge on any atom is -0.299 e. The molecule has 0 aliphatic heterocycles. The van der Waals surface area contributed by atoms with Gasteiger partial charge in [0.05, 0.1) is 0 Å². The third-order valence-corrected chi connectivity index (χ3v) is 7.01. The van der Waals surface area contributed by atoms with Crippen LogP contribution in [0.15, 0.2) is 11.6 Å². The van der Waals surface area contributed by atoms with Crippen molar-refractivity contribution >= 4 is 11.6 Å². The number of fused-ring (bicyclic) bond motifs is 5. The molecule has 0 radical (unpaired) electrons. The Labute approximate surface area is 121 Å². The Morgan fingerprint density at radius 1 is 1.00 bits per heavy atom. The molecule has 0 N–H and O–H groups in total. The normalized spacial score (nSPS) is 47.4. The second-order valence-corrected chi connectivity index (χ2v) is 7.72. The Kier molecular flexibility index (Phi) is 2.74. The summed E-state index contributed by atoms with van der Waals surface area (Å²) in [6.45, 7) is 2.24. The van der Waals surface area contributed by atoms with Gasteiger partial charge < -0.3 is 0 Å². The number of hydrogen-bond donors (Lipinski definition) is 0. The van der Waals surface area contributed by atoms with Crippen LogP contribution in [0.1, 0.15) is 58.3 Å². The summed E-state index contributed by atoms with van der Waals surface area (Å²) in [5.74, 6) is 3.66. The van der Waals surface area contributed by atoms with E-state index in [2.05, 4.69) is 6.92 Å². The lowest BCUT2D eigenvalue weighted by Gasteiger charge is -2.52. The number of ketones is 2. The summed E-state index contributed by atoms with van der Waals surface area (Å²) >= 11 is 0. The van der Waals surface area contributed by atoms with E-state index in [1.165, 1.54) is 18.4 Å². The predicted molar refractivity (Wildman–Crippen MR) is 77.1 cm³/mol. The van der Waals surface area contributed by atoms with Crippen molar-refractivity contribution in [2.75, 3.05) is 0 Å². The SMILES string of the molecule is C[C@]12CC[C@@H]3[C@@H](CCC4=CC(=O)CC[C@H]43)[C@H]1CCC2=O. The van der Waals surface area contributed by atoms with Gasteiger partial charge in [-0.1, -0.05) is 12.5 Å². The highest BCUT2D eigenvalue weighted by Gasteiger charge is 2.55. The molecule has 20 heavy (non-hydrogen) atoms. The predicted octanol–water partition coefficient (Wildman–Crippen LogP) is 3.70. The van der Waals surface area contributed by atoms with Crippen LogP contribution in [0, 0.1) is 29.1 Å². The first kappa shape index (κ1) is 12.8. The van der Waals surface area contributed by atoms with Gasteiger partial charge in [-0.2, -0.15) is 0 Å². The van der Waals surface area contributed by atoms with Crippen molar-refractivity contribution in [2.45, 2.75) is 58.3 Å². The average Bonchev–Trinajstić information content (AvgIpc) is 2.74. The maximum absolute atomic E-state index is 12.3. The van der Waals surface area contributed by atoms with Gasteiger partial charge >= 0.3 is 0 Å². The van der Waals surface area contributed by atoms with Gasteiger partial charge in [0.2, 0.25) is 0 Å². The molecular weight excluding hydrogens is 248 g/mol. The van der Waals surface area contributed by atoms with Gasteiger partial charge in [-0.3, -0.25) is 9.59 Å². The van der Waals surface area contributed by atoms with Crippen molar-refractivity contribution in [3.05, 3.63) is 11.6 Å². The fourth-order valence-corrected chi connectivity index (χ4v) is 5.95. The molecule has 0 unspecified atom stereocenters. The maximum atomic E-state index is 12.3. The molecule has 0 heterocycles. The first-order chi connectivity index (χ1) is 9.59. The molecule has 4 rings (SSSR count). The monoisotopic (exact) mass is 272 g/mol. The quantitative estimate of drug-likeness (QED) is 0.674. The number of carbonyl (C=O) groups excluding carboxylic acids is 2. The summed E-state index contributed by atoms with van der Waals surface area (Å²) in [6, 6.07) is 0. The third kappa shape index (κ3) is 1.63. The van der Waals surface area contributed by atoms with Crippen molar-refractivity contribution in [3.8, 4) is 0 Å². The smallest absolute Gasteiger partial charge is 0.155 e. The average molecular weight is 272 g/mol. The van der Waals surface area contributed by atoms with Crippen LogP contribution in [-0.4, -0.2) is 11.6 Å². The van der Waals surface area contributed by atoms with Gasteiger partial charge in [-0.05, 0) is 68.3 Å². The first-order valence-electron chi connectivity index (χ1n) is 8.36. The second kappa shape index (κ2) is 4.29.